The van der Waals surface area contributed by atoms with Gasteiger partial charge in [-0.25, -0.2) is 19.6 Å². The SMILES string of the molecule is C[C@H]1COC(=O)N1C1C(=O)N(C(C(=O)OCc2ccc(Cl)c(C(C)(C)C)c2)N(C=O)Cc2ccccc2)C1CCc1ccncn1. The Hall–Kier alpha value is -4.51. The Morgan fingerprint density at radius 2 is 1.91 bits per heavy atom. The van der Waals surface area contributed by atoms with Crippen LogP contribution in [0.3, 0.4) is 0 Å². The van der Waals surface area contributed by atoms with Crippen molar-refractivity contribution >= 4 is 36.0 Å². The van der Waals surface area contributed by atoms with E-state index in [9.17, 15) is 19.2 Å². The van der Waals surface area contributed by atoms with Crippen LogP contribution in [0.1, 0.15) is 56.5 Å². The van der Waals surface area contributed by atoms with Crippen LogP contribution in [0.4, 0.5) is 4.79 Å². The third-order valence-electron chi connectivity index (χ3n) is 8.35. The fourth-order valence-corrected chi connectivity index (χ4v) is 6.38. The van der Waals surface area contributed by atoms with Gasteiger partial charge in [0.1, 0.15) is 25.6 Å². The van der Waals surface area contributed by atoms with Gasteiger partial charge >= 0.3 is 12.1 Å². The fourth-order valence-electron chi connectivity index (χ4n) is 5.98. The monoisotopic (exact) mass is 647 g/mol. The van der Waals surface area contributed by atoms with E-state index in [-0.39, 0.29) is 31.2 Å². The van der Waals surface area contributed by atoms with Crippen LogP contribution in [0.5, 0.6) is 0 Å². The Bertz CT molecular complexity index is 1570. The summed E-state index contributed by atoms with van der Waals surface area (Å²) in [7, 11) is 0. The quantitative estimate of drug-likeness (QED) is 0.160. The van der Waals surface area contributed by atoms with Gasteiger partial charge in [-0.05, 0) is 54.0 Å². The molecule has 0 N–H and O–H groups in total. The van der Waals surface area contributed by atoms with Gasteiger partial charge in [-0.2, -0.15) is 0 Å². The molecule has 0 spiro atoms. The van der Waals surface area contributed by atoms with Crippen molar-refractivity contribution < 1.29 is 28.7 Å². The number of carbonyl (C=O) groups is 4. The lowest BCUT2D eigenvalue weighted by Gasteiger charge is -2.54. The lowest BCUT2D eigenvalue weighted by Crippen LogP contribution is -2.77. The third kappa shape index (κ3) is 6.99. The maximum absolute atomic E-state index is 14.0. The largest absolute Gasteiger partial charge is 0.458 e. The minimum absolute atomic E-state index is 0.0501. The Morgan fingerprint density at radius 3 is 2.54 bits per heavy atom. The summed E-state index contributed by atoms with van der Waals surface area (Å²) < 4.78 is 11.1. The first-order valence-corrected chi connectivity index (χ1v) is 15.6. The molecular weight excluding hydrogens is 610 g/mol. The van der Waals surface area contributed by atoms with Crippen molar-refractivity contribution in [1.29, 1.82) is 0 Å². The topological polar surface area (TPSA) is 122 Å². The lowest BCUT2D eigenvalue weighted by molar-refractivity contribution is -0.186. The molecule has 0 radical (unpaired) electrons. The predicted molar refractivity (Wildman–Crippen MR) is 169 cm³/mol. The number of hydrogen-bond donors (Lipinski definition) is 0. The number of β-lactam (4-membered cyclic amide) rings is 1. The van der Waals surface area contributed by atoms with Gasteiger partial charge in [0.05, 0.1) is 12.1 Å². The van der Waals surface area contributed by atoms with Crippen LogP contribution in [0, 0.1) is 0 Å². The summed E-state index contributed by atoms with van der Waals surface area (Å²) in [5, 5.41) is 0.605. The van der Waals surface area contributed by atoms with Crippen LogP contribution < -0.4 is 0 Å². The van der Waals surface area contributed by atoms with Crippen LogP contribution in [-0.4, -0.2) is 79.9 Å². The van der Waals surface area contributed by atoms with Gasteiger partial charge in [0.25, 0.3) is 0 Å². The average molecular weight is 648 g/mol. The first-order valence-electron chi connectivity index (χ1n) is 15.2. The number of ether oxygens (including phenoxy) is 2. The summed E-state index contributed by atoms with van der Waals surface area (Å²) in [6, 6.07) is 14.5. The Balaban J connectivity index is 1.47. The smallest absolute Gasteiger partial charge is 0.410 e. The van der Waals surface area contributed by atoms with Crippen molar-refractivity contribution in [3.05, 3.63) is 94.5 Å². The molecule has 3 heterocycles. The molecule has 3 amide bonds. The first kappa shape index (κ1) is 32.9. The number of likely N-dealkylation sites (tertiary alicyclic amines) is 1. The van der Waals surface area contributed by atoms with E-state index >= 15 is 0 Å². The second-order valence-corrected chi connectivity index (χ2v) is 13.0. The van der Waals surface area contributed by atoms with Gasteiger partial charge in [-0.15, -0.1) is 0 Å². The van der Waals surface area contributed by atoms with Gasteiger partial charge < -0.3 is 19.3 Å². The number of hydrogen-bond acceptors (Lipinski definition) is 8. The molecule has 2 aliphatic rings. The highest BCUT2D eigenvalue weighted by molar-refractivity contribution is 6.31. The third-order valence-corrected chi connectivity index (χ3v) is 8.68. The van der Waals surface area contributed by atoms with Gasteiger partial charge in [0, 0.05) is 23.5 Å². The zero-order valence-electron chi connectivity index (χ0n) is 26.3. The van der Waals surface area contributed by atoms with E-state index in [2.05, 4.69) is 9.97 Å². The molecule has 2 aromatic carbocycles. The lowest BCUT2D eigenvalue weighted by atomic mass is 9.86. The molecule has 5 rings (SSSR count). The average Bonchev–Trinajstić information content (AvgIpc) is 3.36. The Kier molecular flexibility index (Phi) is 9.91. The second-order valence-electron chi connectivity index (χ2n) is 12.6. The summed E-state index contributed by atoms with van der Waals surface area (Å²) >= 11 is 6.45. The van der Waals surface area contributed by atoms with Crippen molar-refractivity contribution in [2.24, 2.45) is 0 Å². The van der Waals surface area contributed by atoms with Crippen LogP contribution in [0.15, 0.2) is 67.1 Å². The standard InChI is InChI=1S/C34H38ClN5O6/c1-22-18-46-33(44)39(22)29-28(13-11-25-14-15-36-20-37-25)40(31(29)42)30(38(21-41)17-23-8-6-5-7-9-23)32(43)45-19-24-10-12-27(35)26(16-24)34(2,3)4/h5-10,12,14-16,20-22,28-30H,11,13,17-19H2,1-4H3/t22-,28?,29?,30?/m0/s1. The van der Waals surface area contributed by atoms with Crippen molar-refractivity contribution in [2.45, 2.75) is 83.4 Å². The highest BCUT2D eigenvalue weighted by Crippen LogP contribution is 2.36. The van der Waals surface area contributed by atoms with Crippen molar-refractivity contribution in [3.63, 3.8) is 0 Å². The summed E-state index contributed by atoms with van der Waals surface area (Å²) in [5.74, 6) is -1.24. The molecule has 0 bridgehead atoms. The number of aromatic nitrogens is 2. The Morgan fingerprint density at radius 1 is 1.15 bits per heavy atom. The van der Waals surface area contributed by atoms with E-state index in [4.69, 9.17) is 21.1 Å². The Labute approximate surface area is 273 Å². The van der Waals surface area contributed by atoms with Crippen LogP contribution in [-0.2, 0) is 48.8 Å². The molecule has 2 aliphatic heterocycles. The highest BCUT2D eigenvalue weighted by Gasteiger charge is 2.59. The van der Waals surface area contributed by atoms with Crippen molar-refractivity contribution in [3.8, 4) is 0 Å². The number of carbonyl (C=O) groups excluding carboxylic acids is 4. The number of nitrogens with zero attached hydrogens (tertiary/aromatic N) is 5. The maximum atomic E-state index is 14.0. The highest BCUT2D eigenvalue weighted by atomic mass is 35.5. The molecule has 3 unspecified atom stereocenters. The molecule has 0 aliphatic carbocycles. The number of aryl methyl sites for hydroxylation is 1. The summed E-state index contributed by atoms with van der Waals surface area (Å²) in [6.45, 7) is 8.02. The molecule has 11 nitrogen and oxygen atoms in total. The molecule has 1 aromatic heterocycles. The predicted octanol–water partition coefficient (Wildman–Crippen LogP) is 4.51. The molecule has 3 aromatic rings. The molecule has 242 valence electrons. The van der Waals surface area contributed by atoms with Gasteiger partial charge in [-0.3, -0.25) is 14.5 Å². The second kappa shape index (κ2) is 13.9. The number of cyclic esters (lactones) is 1. The van der Waals surface area contributed by atoms with E-state index in [0.717, 1.165) is 16.8 Å². The molecule has 12 heteroatoms. The van der Waals surface area contributed by atoms with Crippen molar-refractivity contribution in [1.82, 2.24) is 24.7 Å². The minimum Gasteiger partial charge on any atom is -0.458 e. The van der Waals surface area contributed by atoms with Crippen molar-refractivity contribution in [2.75, 3.05) is 6.61 Å². The summed E-state index contributed by atoms with van der Waals surface area (Å²) in [5.41, 5.74) is 2.86. The number of benzene rings is 2. The normalized spacial score (nSPS) is 20.2. The summed E-state index contributed by atoms with van der Waals surface area (Å²) in [6.07, 6.45) is 2.43. The van der Waals surface area contributed by atoms with Crippen LogP contribution in [0.2, 0.25) is 5.02 Å². The first-order chi connectivity index (χ1) is 22.0. The van der Waals surface area contributed by atoms with Gasteiger partial charge in [0.15, 0.2) is 0 Å². The van der Waals surface area contributed by atoms with E-state index in [1.54, 1.807) is 31.3 Å². The van der Waals surface area contributed by atoms with Crippen LogP contribution >= 0.6 is 11.6 Å². The molecule has 2 fully saturated rings. The summed E-state index contributed by atoms with van der Waals surface area (Å²) in [4.78, 5) is 65.8. The number of halogens is 1. The maximum Gasteiger partial charge on any atom is 0.410 e. The molecule has 2 saturated heterocycles. The molecule has 0 saturated carbocycles. The van der Waals surface area contributed by atoms with Gasteiger partial charge in [-0.1, -0.05) is 74.8 Å². The molecule has 46 heavy (non-hydrogen) atoms. The van der Waals surface area contributed by atoms with Crippen LogP contribution in [0.25, 0.3) is 0 Å². The van der Waals surface area contributed by atoms with E-state index in [1.165, 1.54) is 21.0 Å². The molecule has 4 atom stereocenters. The minimum atomic E-state index is -1.39. The molecular formula is C34H38ClN5O6. The fraction of sp³-hybridized carbons (Fsp3) is 0.412. The number of esters is 1. The zero-order valence-corrected chi connectivity index (χ0v) is 27.1. The number of rotatable bonds is 12. The zero-order chi connectivity index (χ0) is 33.0. The van der Waals surface area contributed by atoms with Gasteiger partial charge in [0.2, 0.25) is 18.5 Å². The van der Waals surface area contributed by atoms with E-state index in [0.29, 0.717) is 29.8 Å². The van der Waals surface area contributed by atoms with E-state index < -0.39 is 36.2 Å². The number of amides is 3. The van der Waals surface area contributed by atoms with E-state index in [1.807, 2.05) is 57.2 Å².